The van der Waals surface area contributed by atoms with Crippen molar-refractivity contribution in [2.75, 3.05) is 0 Å². The Hall–Kier alpha value is -0.613. The Bertz CT molecular complexity index is 338. The Morgan fingerprint density at radius 1 is 1.56 bits per heavy atom. The van der Waals surface area contributed by atoms with Gasteiger partial charge in [-0.25, -0.2) is 4.79 Å². The highest BCUT2D eigenvalue weighted by atomic mass is 28.4. The second-order valence-corrected chi connectivity index (χ2v) is 10.4. The fraction of sp³-hybridized carbons (Fsp3) is 0.786. The van der Waals surface area contributed by atoms with Gasteiger partial charge in [-0.3, -0.25) is 0 Å². The highest BCUT2D eigenvalue weighted by molar-refractivity contribution is 6.71. The molecule has 0 spiro atoms. The van der Waals surface area contributed by atoms with Crippen LogP contribution >= 0.6 is 0 Å². The summed E-state index contributed by atoms with van der Waals surface area (Å²) in [6, 6.07) is 1.04. The van der Waals surface area contributed by atoms with Crippen LogP contribution in [-0.2, 0) is 14.0 Å². The first-order valence-corrected chi connectivity index (χ1v) is 9.88. The summed E-state index contributed by atoms with van der Waals surface area (Å²) in [6.07, 6.45) is 2.73. The van der Waals surface area contributed by atoms with Crippen molar-refractivity contribution in [2.45, 2.75) is 70.9 Å². The quantitative estimate of drug-likeness (QED) is 0.444. The topological polar surface area (TPSA) is 35.5 Å². The van der Waals surface area contributed by atoms with Crippen molar-refractivity contribution in [3.05, 3.63) is 12.2 Å². The van der Waals surface area contributed by atoms with Crippen molar-refractivity contribution in [3.8, 4) is 0 Å². The molecule has 1 rings (SSSR count). The van der Waals surface area contributed by atoms with E-state index >= 15 is 0 Å². The molecule has 2 atom stereocenters. The van der Waals surface area contributed by atoms with Gasteiger partial charge in [0, 0.05) is 5.57 Å². The molecule has 0 radical (unpaired) electrons. The van der Waals surface area contributed by atoms with Crippen LogP contribution < -0.4 is 0 Å². The molecule has 1 heterocycles. The zero-order valence-corrected chi connectivity index (χ0v) is 13.3. The summed E-state index contributed by atoms with van der Waals surface area (Å²) >= 11 is 0. The SMILES string of the molecule is C=C(C)C(=O)OC1CC[Si](C)(C)OC1(C)CCC. The van der Waals surface area contributed by atoms with Gasteiger partial charge in [-0.15, -0.1) is 0 Å². The van der Waals surface area contributed by atoms with Gasteiger partial charge >= 0.3 is 5.97 Å². The van der Waals surface area contributed by atoms with E-state index in [1.54, 1.807) is 6.92 Å². The van der Waals surface area contributed by atoms with Crippen LogP contribution in [0.15, 0.2) is 12.2 Å². The Balaban J connectivity index is 2.82. The average molecular weight is 270 g/mol. The molecule has 104 valence electrons. The van der Waals surface area contributed by atoms with E-state index in [9.17, 15) is 4.79 Å². The van der Waals surface area contributed by atoms with Crippen molar-refractivity contribution in [3.63, 3.8) is 0 Å². The van der Waals surface area contributed by atoms with Crippen LogP contribution in [0.25, 0.3) is 0 Å². The molecule has 1 aliphatic heterocycles. The van der Waals surface area contributed by atoms with E-state index in [1.807, 2.05) is 0 Å². The lowest BCUT2D eigenvalue weighted by atomic mass is 9.91. The number of hydrogen-bond acceptors (Lipinski definition) is 3. The normalized spacial score (nSPS) is 30.8. The van der Waals surface area contributed by atoms with Crippen LogP contribution in [0.4, 0.5) is 0 Å². The molecule has 0 N–H and O–H groups in total. The minimum atomic E-state index is -1.60. The predicted octanol–water partition coefficient (Wildman–Crippen LogP) is 3.66. The predicted molar refractivity (Wildman–Crippen MR) is 76.0 cm³/mol. The molecule has 0 aromatic heterocycles. The van der Waals surface area contributed by atoms with Crippen LogP contribution in [0.5, 0.6) is 0 Å². The maximum atomic E-state index is 11.7. The number of ether oxygens (including phenoxy) is 1. The number of hydrogen-bond donors (Lipinski definition) is 0. The van der Waals surface area contributed by atoms with E-state index < -0.39 is 8.32 Å². The first kappa shape index (κ1) is 15.4. The number of rotatable bonds is 4. The second kappa shape index (κ2) is 5.57. The molecule has 1 aliphatic rings. The van der Waals surface area contributed by atoms with E-state index in [4.69, 9.17) is 9.16 Å². The fourth-order valence-corrected chi connectivity index (χ4v) is 5.21. The number of esters is 1. The van der Waals surface area contributed by atoms with Gasteiger partial charge in [0.2, 0.25) is 0 Å². The smallest absolute Gasteiger partial charge is 0.333 e. The minimum Gasteiger partial charge on any atom is -0.456 e. The van der Waals surface area contributed by atoms with E-state index in [0.29, 0.717) is 5.57 Å². The molecular formula is C14H26O3Si. The van der Waals surface area contributed by atoms with E-state index in [2.05, 4.69) is 33.5 Å². The van der Waals surface area contributed by atoms with Gasteiger partial charge in [-0.05, 0) is 45.8 Å². The summed E-state index contributed by atoms with van der Waals surface area (Å²) in [6.45, 7) is 14.0. The highest BCUT2D eigenvalue weighted by Gasteiger charge is 2.46. The molecule has 1 fully saturated rings. The Labute approximate surface area is 112 Å². The third-order valence-electron chi connectivity index (χ3n) is 3.54. The monoisotopic (exact) mass is 270 g/mol. The Morgan fingerprint density at radius 3 is 2.67 bits per heavy atom. The van der Waals surface area contributed by atoms with Gasteiger partial charge in [-0.1, -0.05) is 19.9 Å². The molecule has 2 unspecified atom stereocenters. The van der Waals surface area contributed by atoms with Gasteiger partial charge in [0.15, 0.2) is 8.32 Å². The molecule has 0 aromatic rings. The van der Waals surface area contributed by atoms with E-state index in [-0.39, 0.29) is 17.7 Å². The zero-order valence-electron chi connectivity index (χ0n) is 12.3. The molecule has 0 saturated carbocycles. The first-order valence-electron chi connectivity index (χ1n) is 6.77. The molecule has 0 aliphatic carbocycles. The molecule has 0 bridgehead atoms. The third kappa shape index (κ3) is 3.69. The van der Waals surface area contributed by atoms with Gasteiger partial charge < -0.3 is 9.16 Å². The van der Waals surface area contributed by atoms with Crippen LogP contribution in [-0.4, -0.2) is 26.0 Å². The summed E-state index contributed by atoms with van der Waals surface area (Å²) in [5.74, 6) is -0.299. The summed E-state index contributed by atoms with van der Waals surface area (Å²) in [4.78, 5) is 11.7. The third-order valence-corrected chi connectivity index (χ3v) is 6.05. The highest BCUT2D eigenvalue weighted by Crippen LogP contribution is 2.38. The largest absolute Gasteiger partial charge is 0.456 e. The summed E-state index contributed by atoms with van der Waals surface area (Å²) in [7, 11) is -1.60. The van der Waals surface area contributed by atoms with Crippen molar-refractivity contribution >= 4 is 14.3 Å². The summed E-state index contributed by atoms with van der Waals surface area (Å²) < 4.78 is 11.9. The van der Waals surface area contributed by atoms with Crippen LogP contribution in [0.3, 0.4) is 0 Å². The first-order chi connectivity index (χ1) is 8.20. The molecule has 18 heavy (non-hydrogen) atoms. The second-order valence-electron chi connectivity index (χ2n) is 6.14. The van der Waals surface area contributed by atoms with Gasteiger partial charge in [0.1, 0.15) is 6.10 Å². The Morgan fingerprint density at radius 2 is 2.17 bits per heavy atom. The van der Waals surface area contributed by atoms with Gasteiger partial charge in [-0.2, -0.15) is 0 Å². The molecule has 0 amide bonds. The Kier molecular flexibility index (Phi) is 4.78. The number of carbonyl (C=O) groups is 1. The lowest BCUT2D eigenvalue weighted by molar-refractivity contribution is -0.160. The molecule has 3 nitrogen and oxygen atoms in total. The van der Waals surface area contributed by atoms with Crippen molar-refractivity contribution in [1.29, 1.82) is 0 Å². The van der Waals surface area contributed by atoms with Crippen LogP contribution in [0.2, 0.25) is 19.1 Å². The van der Waals surface area contributed by atoms with Gasteiger partial charge in [0.05, 0.1) is 5.60 Å². The maximum Gasteiger partial charge on any atom is 0.333 e. The van der Waals surface area contributed by atoms with Crippen LogP contribution in [0, 0.1) is 0 Å². The van der Waals surface area contributed by atoms with Crippen molar-refractivity contribution in [2.24, 2.45) is 0 Å². The fourth-order valence-electron chi connectivity index (χ4n) is 2.65. The maximum absolute atomic E-state index is 11.7. The summed E-state index contributed by atoms with van der Waals surface area (Å²) in [5, 5.41) is 0. The van der Waals surface area contributed by atoms with Gasteiger partial charge in [0.25, 0.3) is 0 Å². The molecule has 0 aromatic carbocycles. The zero-order chi connectivity index (χ0) is 14.0. The average Bonchev–Trinajstić information content (AvgIpc) is 2.21. The standard InChI is InChI=1S/C14H26O3Si/c1-7-9-14(4)12(16-13(15)11(2)3)8-10-18(5,6)17-14/h12H,2,7-10H2,1,3-6H3. The van der Waals surface area contributed by atoms with Crippen molar-refractivity contribution < 1.29 is 14.0 Å². The molecule has 4 heteroatoms. The van der Waals surface area contributed by atoms with E-state index in [0.717, 1.165) is 25.3 Å². The number of carbonyl (C=O) groups excluding carboxylic acids is 1. The van der Waals surface area contributed by atoms with Crippen molar-refractivity contribution in [1.82, 2.24) is 0 Å². The lowest BCUT2D eigenvalue weighted by Gasteiger charge is -2.47. The van der Waals surface area contributed by atoms with E-state index in [1.165, 1.54) is 0 Å². The minimum absolute atomic E-state index is 0.137. The summed E-state index contributed by atoms with van der Waals surface area (Å²) in [5.41, 5.74) is 0.129. The lowest BCUT2D eigenvalue weighted by Crippen LogP contribution is -2.56. The molecular weight excluding hydrogens is 244 g/mol. The van der Waals surface area contributed by atoms with Crippen LogP contribution in [0.1, 0.15) is 40.0 Å². The molecule has 1 saturated heterocycles.